The third-order valence-corrected chi connectivity index (χ3v) is 13.6. The van der Waals surface area contributed by atoms with E-state index in [-0.39, 0.29) is 23.1 Å². The summed E-state index contributed by atoms with van der Waals surface area (Å²) in [5, 5.41) is -0.0389. The van der Waals surface area contributed by atoms with E-state index in [2.05, 4.69) is 38.6 Å². The summed E-state index contributed by atoms with van der Waals surface area (Å²) in [5.74, 6) is -1.02. The van der Waals surface area contributed by atoms with Crippen LogP contribution in [0, 0.1) is 12.8 Å². The van der Waals surface area contributed by atoms with E-state index in [9.17, 15) is 13.2 Å². The number of methoxy groups -OCH3 is 1. The Morgan fingerprint density at radius 2 is 1.71 bits per heavy atom. The first-order valence-corrected chi connectivity index (χ1v) is 17.3. The summed E-state index contributed by atoms with van der Waals surface area (Å²) in [6.07, 6.45) is 3.64. The maximum atomic E-state index is 13.3. The number of nitrogens with one attached hydrogen (secondary N) is 1. The fourth-order valence-corrected chi connectivity index (χ4v) is 6.40. The van der Waals surface area contributed by atoms with Gasteiger partial charge in [-0.25, -0.2) is 17.9 Å². The van der Waals surface area contributed by atoms with E-state index in [1.165, 1.54) is 7.11 Å². The van der Waals surface area contributed by atoms with E-state index in [0.717, 1.165) is 11.1 Å². The minimum atomic E-state index is -3.78. The Morgan fingerprint density at radius 3 is 2.29 bits per heavy atom. The van der Waals surface area contributed by atoms with E-state index in [1.807, 2.05) is 37.3 Å². The molecule has 0 aliphatic heterocycles. The van der Waals surface area contributed by atoms with Crippen molar-refractivity contribution < 1.29 is 27.1 Å². The Hall–Kier alpha value is -2.30. The molecule has 3 atom stereocenters. The zero-order valence-electron chi connectivity index (χ0n) is 23.5. The number of hydrogen-bond acceptors (Lipinski definition) is 6. The van der Waals surface area contributed by atoms with E-state index >= 15 is 0 Å². The van der Waals surface area contributed by atoms with Crippen molar-refractivity contribution in [2.24, 2.45) is 5.92 Å². The Balaban J connectivity index is 1.94. The van der Waals surface area contributed by atoms with Gasteiger partial charge in [0.25, 0.3) is 0 Å². The summed E-state index contributed by atoms with van der Waals surface area (Å²) >= 11 is 0. The number of hydrogen-bond donors (Lipinski definition) is 1. The molecule has 0 amide bonds. The van der Waals surface area contributed by atoms with Crippen LogP contribution in [0.1, 0.15) is 38.3 Å². The predicted octanol–water partition coefficient (Wildman–Crippen LogP) is 5.37. The summed E-state index contributed by atoms with van der Waals surface area (Å²) in [6.45, 7) is 13.1. The lowest BCUT2D eigenvalue weighted by molar-refractivity contribution is -0.175. The highest BCUT2D eigenvalue weighted by molar-refractivity contribution is 7.89. The maximum absolute atomic E-state index is 13.3. The number of aryl methyl sites for hydroxylation is 1. The molecule has 0 spiro atoms. The zero-order valence-corrected chi connectivity index (χ0v) is 25.3. The highest BCUT2D eigenvalue weighted by Gasteiger charge is 2.50. The van der Waals surface area contributed by atoms with Gasteiger partial charge >= 0.3 is 5.97 Å². The SMILES string of the molecule is COC(=O)[C@@]1(OCc2ccccc2)C=C[C@@H](NS(=O)(=O)c2ccc(C)cc2)C[C@@H]1CO[Si](C)(C)C(C)(C)C. The van der Waals surface area contributed by atoms with Crippen LogP contribution in [0.3, 0.4) is 0 Å². The molecule has 38 heavy (non-hydrogen) atoms. The number of sulfonamides is 1. The van der Waals surface area contributed by atoms with Crippen molar-refractivity contribution in [3.63, 3.8) is 0 Å². The van der Waals surface area contributed by atoms with Gasteiger partial charge in [0.1, 0.15) is 0 Å². The van der Waals surface area contributed by atoms with E-state index in [1.54, 1.807) is 36.4 Å². The highest BCUT2D eigenvalue weighted by atomic mass is 32.2. The first-order chi connectivity index (χ1) is 17.7. The third-order valence-electron chi connectivity index (χ3n) is 7.64. The number of carbonyl (C=O) groups is 1. The second-order valence-electron chi connectivity index (χ2n) is 11.5. The molecule has 9 heteroatoms. The lowest BCUT2D eigenvalue weighted by atomic mass is 9.78. The van der Waals surface area contributed by atoms with E-state index in [0.29, 0.717) is 6.42 Å². The zero-order chi connectivity index (χ0) is 28.2. The number of benzene rings is 2. The van der Waals surface area contributed by atoms with Crippen LogP contribution in [0.25, 0.3) is 0 Å². The quantitative estimate of drug-likeness (QED) is 0.239. The molecule has 0 saturated heterocycles. The Kier molecular flexibility index (Phi) is 9.42. The van der Waals surface area contributed by atoms with Gasteiger partial charge in [0.05, 0.1) is 18.6 Å². The highest BCUT2D eigenvalue weighted by Crippen LogP contribution is 2.40. The van der Waals surface area contributed by atoms with Gasteiger partial charge in [-0.3, -0.25) is 0 Å². The van der Waals surface area contributed by atoms with Crippen molar-refractivity contribution in [1.82, 2.24) is 4.72 Å². The molecule has 0 unspecified atom stereocenters. The average molecular weight is 560 g/mol. The molecule has 0 fully saturated rings. The molecule has 0 saturated carbocycles. The Labute approximate surface area is 228 Å². The molecular weight excluding hydrogens is 518 g/mol. The number of carbonyl (C=O) groups excluding carboxylic acids is 1. The summed E-state index contributed by atoms with van der Waals surface area (Å²) < 4.78 is 47.2. The van der Waals surface area contributed by atoms with Crippen LogP contribution in [0.15, 0.2) is 71.6 Å². The van der Waals surface area contributed by atoms with Crippen molar-refractivity contribution in [2.75, 3.05) is 13.7 Å². The minimum Gasteiger partial charge on any atom is -0.467 e. The summed E-state index contributed by atoms with van der Waals surface area (Å²) in [4.78, 5) is 13.5. The molecule has 2 aromatic carbocycles. The molecule has 2 aromatic rings. The fraction of sp³-hybridized carbons (Fsp3) is 0.483. The van der Waals surface area contributed by atoms with Gasteiger partial charge in [0.2, 0.25) is 10.0 Å². The van der Waals surface area contributed by atoms with Crippen LogP contribution in [0.5, 0.6) is 0 Å². The van der Waals surface area contributed by atoms with Crippen molar-refractivity contribution in [1.29, 1.82) is 0 Å². The lowest BCUT2D eigenvalue weighted by Gasteiger charge is -2.43. The van der Waals surface area contributed by atoms with Crippen LogP contribution >= 0.6 is 0 Å². The first kappa shape index (κ1) is 30.2. The van der Waals surface area contributed by atoms with Crippen LogP contribution < -0.4 is 4.72 Å². The third kappa shape index (κ3) is 7.01. The van der Waals surface area contributed by atoms with E-state index < -0.39 is 41.9 Å². The molecule has 3 rings (SSSR count). The van der Waals surface area contributed by atoms with Crippen LogP contribution in [0.4, 0.5) is 0 Å². The summed E-state index contributed by atoms with van der Waals surface area (Å²) in [5.41, 5.74) is 0.469. The predicted molar refractivity (Wildman–Crippen MR) is 152 cm³/mol. The van der Waals surface area contributed by atoms with Crippen molar-refractivity contribution in [3.8, 4) is 0 Å². The number of rotatable bonds is 10. The van der Waals surface area contributed by atoms with Gasteiger partial charge in [-0.1, -0.05) is 74.9 Å². The monoisotopic (exact) mass is 559 g/mol. The molecular formula is C29H41NO6SSi. The van der Waals surface area contributed by atoms with Gasteiger partial charge in [0.15, 0.2) is 13.9 Å². The first-order valence-electron chi connectivity index (χ1n) is 12.9. The summed E-state index contributed by atoms with van der Waals surface area (Å²) in [6, 6.07) is 15.7. The molecule has 208 valence electrons. The fourth-order valence-electron chi connectivity index (χ4n) is 4.14. The second kappa shape index (κ2) is 11.8. The molecule has 7 nitrogen and oxygen atoms in total. The molecule has 0 bridgehead atoms. The molecule has 0 heterocycles. The smallest absolute Gasteiger partial charge is 0.342 e. The molecule has 1 aliphatic carbocycles. The summed E-state index contributed by atoms with van der Waals surface area (Å²) in [7, 11) is -4.62. The average Bonchev–Trinajstić information content (AvgIpc) is 2.86. The van der Waals surface area contributed by atoms with Crippen molar-refractivity contribution in [2.45, 2.75) is 75.4 Å². The van der Waals surface area contributed by atoms with Crippen LogP contribution in [0.2, 0.25) is 18.1 Å². The topological polar surface area (TPSA) is 90.9 Å². The second-order valence-corrected chi connectivity index (χ2v) is 18.0. The van der Waals surface area contributed by atoms with Gasteiger partial charge in [-0.2, -0.15) is 0 Å². The number of ether oxygens (including phenoxy) is 2. The van der Waals surface area contributed by atoms with Gasteiger partial charge in [0, 0.05) is 18.6 Å². The largest absolute Gasteiger partial charge is 0.467 e. The van der Waals surface area contributed by atoms with E-state index in [4.69, 9.17) is 13.9 Å². The van der Waals surface area contributed by atoms with Gasteiger partial charge < -0.3 is 13.9 Å². The standard InChI is InChI=1S/C29H41NO6SSi/c1-22-13-15-26(16-14-22)37(32,33)30-25-17-18-29(27(31)34-5,35-20-23-11-9-8-10-12-23)24(19-25)21-36-38(6,7)28(2,3)4/h8-18,24-25,30H,19-21H2,1-7H3/t24-,25-,29-/m1/s1. The molecule has 1 N–H and O–H groups in total. The van der Waals surface area contributed by atoms with Crippen LogP contribution in [-0.4, -0.2) is 48.1 Å². The van der Waals surface area contributed by atoms with Crippen molar-refractivity contribution in [3.05, 3.63) is 77.9 Å². The van der Waals surface area contributed by atoms with Crippen molar-refractivity contribution >= 4 is 24.3 Å². The minimum absolute atomic E-state index is 0.0389. The molecule has 0 radical (unpaired) electrons. The molecule has 1 aliphatic rings. The van der Waals surface area contributed by atoms with Gasteiger partial charge in [-0.05, 0) is 55.2 Å². The maximum Gasteiger partial charge on any atom is 0.342 e. The van der Waals surface area contributed by atoms with Crippen LogP contribution in [-0.2, 0) is 35.3 Å². The molecule has 0 aromatic heterocycles. The normalized spacial score (nSPS) is 22.3. The lowest BCUT2D eigenvalue weighted by Crippen LogP contribution is -2.55. The Morgan fingerprint density at radius 1 is 1.08 bits per heavy atom. The Bertz CT molecular complexity index is 1220. The number of esters is 1. The van der Waals surface area contributed by atoms with Gasteiger partial charge in [-0.15, -0.1) is 0 Å².